The third-order valence-corrected chi connectivity index (χ3v) is 9.03. The van der Waals surface area contributed by atoms with E-state index >= 15 is 0 Å². The predicted octanol–water partition coefficient (Wildman–Crippen LogP) is 3.11. The lowest BCUT2D eigenvalue weighted by atomic mass is 9.76. The molecular formula is C30H42N8O3. The Morgan fingerprint density at radius 1 is 1.22 bits per heavy atom. The van der Waals surface area contributed by atoms with Gasteiger partial charge in [0.25, 0.3) is 0 Å². The van der Waals surface area contributed by atoms with Gasteiger partial charge in [0.2, 0.25) is 0 Å². The van der Waals surface area contributed by atoms with Crippen LogP contribution in [-0.4, -0.2) is 82.0 Å². The number of nitrogen functional groups attached to an aromatic ring is 1. The van der Waals surface area contributed by atoms with E-state index in [9.17, 15) is 10.2 Å². The Morgan fingerprint density at radius 3 is 2.73 bits per heavy atom. The second-order valence-electron chi connectivity index (χ2n) is 13.2. The number of anilines is 1. The molecular weight excluding hydrogens is 520 g/mol. The van der Waals surface area contributed by atoms with Gasteiger partial charge in [-0.3, -0.25) is 9.47 Å². The number of benzene rings is 1. The number of fused-ring (bicyclic) bond motifs is 2. The summed E-state index contributed by atoms with van der Waals surface area (Å²) in [5, 5.41) is 22.7. The Balaban J connectivity index is 1.06. The fourth-order valence-electron chi connectivity index (χ4n) is 6.39. The summed E-state index contributed by atoms with van der Waals surface area (Å²) in [4.78, 5) is 23.2. The molecule has 1 aliphatic heterocycles. The second-order valence-corrected chi connectivity index (χ2v) is 13.2. The van der Waals surface area contributed by atoms with E-state index in [1.54, 1.807) is 0 Å². The van der Waals surface area contributed by atoms with Gasteiger partial charge >= 0.3 is 0 Å². The Hall–Kier alpha value is -3.12. The van der Waals surface area contributed by atoms with Gasteiger partial charge in [0.15, 0.2) is 17.2 Å². The van der Waals surface area contributed by atoms with Crippen LogP contribution in [0.25, 0.3) is 22.2 Å². The number of aryl methyl sites for hydroxylation is 1. The molecule has 2 aliphatic rings. The summed E-state index contributed by atoms with van der Waals surface area (Å²) in [5.74, 6) is 1.91. The van der Waals surface area contributed by atoms with Crippen LogP contribution in [-0.2, 0) is 22.3 Å². The number of ether oxygens (including phenoxy) is 1. The maximum absolute atomic E-state index is 11.5. The van der Waals surface area contributed by atoms with Crippen molar-refractivity contribution in [2.75, 3.05) is 18.9 Å². The highest BCUT2D eigenvalue weighted by atomic mass is 16.5. The van der Waals surface area contributed by atoms with Crippen molar-refractivity contribution in [2.45, 2.75) is 95.7 Å². The lowest BCUT2D eigenvalue weighted by molar-refractivity contribution is -0.110. The van der Waals surface area contributed by atoms with E-state index in [2.05, 4.69) is 77.7 Å². The minimum Gasteiger partial charge on any atom is -0.385 e. The van der Waals surface area contributed by atoms with Crippen molar-refractivity contribution < 1.29 is 14.9 Å². The fourth-order valence-corrected chi connectivity index (χ4v) is 6.39. The molecule has 11 heteroatoms. The van der Waals surface area contributed by atoms with Gasteiger partial charge in [-0.2, -0.15) is 0 Å². The zero-order chi connectivity index (χ0) is 29.1. The van der Waals surface area contributed by atoms with E-state index in [0.717, 1.165) is 42.5 Å². The van der Waals surface area contributed by atoms with E-state index in [4.69, 9.17) is 15.5 Å². The number of aromatic amines is 1. The molecule has 220 valence electrons. The molecule has 5 N–H and O–H groups in total. The van der Waals surface area contributed by atoms with Gasteiger partial charge in [-0.25, -0.2) is 19.9 Å². The average Bonchev–Trinajstić information content (AvgIpc) is 3.58. The zero-order valence-corrected chi connectivity index (χ0v) is 24.6. The van der Waals surface area contributed by atoms with Gasteiger partial charge in [-0.1, -0.05) is 26.8 Å². The predicted molar refractivity (Wildman–Crippen MR) is 157 cm³/mol. The van der Waals surface area contributed by atoms with Crippen LogP contribution in [0.1, 0.15) is 65.3 Å². The molecule has 4 heterocycles. The number of rotatable bonds is 8. The maximum Gasteiger partial charge on any atom is 0.197 e. The molecule has 41 heavy (non-hydrogen) atoms. The van der Waals surface area contributed by atoms with Crippen LogP contribution in [0.15, 0.2) is 30.9 Å². The number of imidazole rings is 2. The molecule has 3 aromatic heterocycles. The van der Waals surface area contributed by atoms with Crippen LogP contribution >= 0.6 is 0 Å². The van der Waals surface area contributed by atoms with Crippen LogP contribution in [0, 0.1) is 5.92 Å². The standard InChI is InChI=1S/C30H42N8O3/c1-17(2)37(13-23-26(39)30(40,14-41-23)38-16-34-25-27(31)32-15-33-28(25)38)20-10-18(11-20)6-9-24-35-21-8-7-19(29(3,4)5)12-22(21)36-24/h7-8,12,15-18,20,23,26,39-40H,6,9-11,13-14H2,1-5H3,(H,35,36)(H2,31,32,33)/t18?,20?,23-,26-,30?/m1/s1. The first-order valence-electron chi connectivity index (χ1n) is 14.6. The minimum atomic E-state index is -1.69. The lowest BCUT2D eigenvalue weighted by Gasteiger charge is -2.46. The summed E-state index contributed by atoms with van der Waals surface area (Å²) in [6.45, 7) is 11.5. The van der Waals surface area contributed by atoms with E-state index in [0.29, 0.717) is 29.7 Å². The number of aliphatic hydroxyl groups excluding tert-OH is 1. The van der Waals surface area contributed by atoms with Crippen LogP contribution in [0.3, 0.4) is 0 Å². The molecule has 6 rings (SSSR count). The number of aromatic nitrogens is 6. The maximum atomic E-state index is 11.5. The summed E-state index contributed by atoms with van der Waals surface area (Å²) in [5.41, 5.74) is 8.54. The van der Waals surface area contributed by atoms with Crippen molar-refractivity contribution in [3.05, 3.63) is 42.2 Å². The number of H-pyrrole nitrogens is 1. The normalized spacial score (nSPS) is 27.0. The third-order valence-electron chi connectivity index (χ3n) is 9.03. The number of hydrogen-bond acceptors (Lipinski definition) is 9. The third kappa shape index (κ3) is 5.09. The molecule has 0 amide bonds. The number of nitrogens with zero attached hydrogens (tertiary/aromatic N) is 6. The molecule has 1 saturated carbocycles. The van der Waals surface area contributed by atoms with Gasteiger partial charge in [0.1, 0.15) is 29.9 Å². The van der Waals surface area contributed by atoms with E-state index < -0.39 is 17.9 Å². The molecule has 0 bridgehead atoms. The molecule has 1 unspecified atom stereocenters. The first kappa shape index (κ1) is 28.0. The average molecular weight is 563 g/mol. The fraction of sp³-hybridized carbons (Fsp3) is 0.600. The van der Waals surface area contributed by atoms with Crippen LogP contribution in [0.4, 0.5) is 5.82 Å². The largest absolute Gasteiger partial charge is 0.385 e. The molecule has 3 atom stereocenters. The van der Waals surface area contributed by atoms with Crippen LogP contribution in [0.2, 0.25) is 0 Å². The molecule has 4 aromatic rings. The number of aliphatic hydroxyl groups is 2. The highest BCUT2D eigenvalue weighted by molar-refractivity contribution is 5.81. The summed E-state index contributed by atoms with van der Waals surface area (Å²) < 4.78 is 7.45. The van der Waals surface area contributed by atoms with Crippen molar-refractivity contribution in [3.63, 3.8) is 0 Å². The summed E-state index contributed by atoms with van der Waals surface area (Å²) >= 11 is 0. The summed E-state index contributed by atoms with van der Waals surface area (Å²) in [7, 11) is 0. The highest BCUT2D eigenvalue weighted by Crippen LogP contribution is 2.38. The Morgan fingerprint density at radius 2 is 2.00 bits per heavy atom. The second kappa shape index (κ2) is 10.3. The van der Waals surface area contributed by atoms with Crippen molar-refractivity contribution in [2.24, 2.45) is 5.92 Å². The molecule has 2 fully saturated rings. The summed E-state index contributed by atoms with van der Waals surface area (Å²) in [6.07, 6.45) is 5.28. The zero-order valence-electron chi connectivity index (χ0n) is 24.6. The lowest BCUT2D eigenvalue weighted by Crippen LogP contribution is -2.54. The quantitative estimate of drug-likeness (QED) is 0.254. The van der Waals surface area contributed by atoms with Gasteiger partial charge in [0, 0.05) is 25.0 Å². The van der Waals surface area contributed by atoms with Crippen molar-refractivity contribution in [3.8, 4) is 0 Å². The molecule has 1 aromatic carbocycles. The number of hydrogen-bond donors (Lipinski definition) is 4. The highest BCUT2D eigenvalue weighted by Gasteiger charge is 2.51. The smallest absolute Gasteiger partial charge is 0.197 e. The monoisotopic (exact) mass is 562 g/mol. The molecule has 1 saturated heterocycles. The topological polar surface area (TPSA) is 151 Å². The van der Waals surface area contributed by atoms with Crippen LogP contribution < -0.4 is 5.73 Å². The van der Waals surface area contributed by atoms with Crippen molar-refractivity contribution in [1.82, 2.24) is 34.4 Å². The molecule has 0 spiro atoms. The Labute approximate surface area is 240 Å². The minimum absolute atomic E-state index is 0.0673. The first-order valence-corrected chi connectivity index (χ1v) is 14.6. The molecule has 1 aliphatic carbocycles. The Kier molecular flexibility index (Phi) is 7.04. The van der Waals surface area contributed by atoms with Gasteiger partial charge in [-0.05, 0) is 62.1 Å². The van der Waals surface area contributed by atoms with Gasteiger partial charge in [-0.15, -0.1) is 0 Å². The van der Waals surface area contributed by atoms with Gasteiger partial charge in [0.05, 0.1) is 24.0 Å². The number of nitrogens with one attached hydrogen (secondary N) is 1. The Bertz CT molecular complexity index is 1540. The summed E-state index contributed by atoms with van der Waals surface area (Å²) in [6, 6.07) is 7.22. The molecule has 11 nitrogen and oxygen atoms in total. The SMILES string of the molecule is CC(C)N(C[C@H]1OCC(O)(n2cnc3c(N)ncnc32)[C@@H]1O)C1CC(CCc2nc3ccc(C(C)(C)C)cc3[nH]2)C1. The molecule has 0 radical (unpaired) electrons. The van der Waals surface area contributed by atoms with Gasteiger partial charge < -0.3 is 25.7 Å². The first-order chi connectivity index (χ1) is 19.4. The van der Waals surface area contributed by atoms with Crippen molar-refractivity contribution in [1.29, 1.82) is 0 Å². The van der Waals surface area contributed by atoms with E-state index in [1.165, 1.54) is 22.8 Å². The van der Waals surface area contributed by atoms with Crippen molar-refractivity contribution >= 4 is 28.0 Å². The van der Waals surface area contributed by atoms with E-state index in [1.807, 2.05) is 0 Å². The number of nitrogens with two attached hydrogens (primary N) is 1. The van der Waals surface area contributed by atoms with Crippen LogP contribution in [0.5, 0.6) is 0 Å². The van der Waals surface area contributed by atoms with E-state index in [-0.39, 0.29) is 23.9 Å².